The van der Waals surface area contributed by atoms with Gasteiger partial charge in [-0.1, -0.05) is 25.4 Å². The first-order chi connectivity index (χ1) is 8.40. The Morgan fingerprint density at radius 2 is 1.83 bits per heavy atom. The zero-order chi connectivity index (χ0) is 13.4. The summed E-state index contributed by atoms with van der Waals surface area (Å²) in [5, 5.41) is 5.12. The maximum Gasteiger partial charge on any atom is 0.159 e. The van der Waals surface area contributed by atoms with Crippen LogP contribution < -0.4 is 0 Å². The van der Waals surface area contributed by atoms with Gasteiger partial charge in [-0.3, -0.25) is 0 Å². The minimum atomic E-state index is 0.343. The van der Waals surface area contributed by atoms with Crippen molar-refractivity contribution in [3.63, 3.8) is 0 Å². The van der Waals surface area contributed by atoms with Crippen molar-refractivity contribution >= 4 is 11.6 Å². The fourth-order valence-electron chi connectivity index (χ4n) is 2.12. The molecule has 2 rings (SSSR count). The second-order valence-corrected chi connectivity index (χ2v) is 5.13. The number of aromatic nitrogens is 4. The van der Waals surface area contributed by atoms with Crippen molar-refractivity contribution in [1.82, 2.24) is 19.7 Å². The van der Waals surface area contributed by atoms with Gasteiger partial charge < -0.3 is 0 Å². The van der Waals surface area contributed by atoms with Crippen molar-refractivity contribution in [3.05, 3.63) is 34.0 Å². The highest BCUT2D eigenvalue weighted by Gasteiger charge is 2.18. The van der Waals surface area contributed by atoms with E-state index in [4.69, 9.17) is 11.6 Å². The quantitative estimate of drug-likeness (QED) is 0.835. The van der Waals surface area contributed by atoms with Gasteiger partial charge in [0.2, 0.25) is 0 Å². The molecule has 2 aromatic rings. The van der Waals surface area contributed by atoms with Crippen LogP contribution in [0.2, 0.25) is 5.15 Å². The van der Waals surface area contributed by atoms with E-state index >= 15 is 0 Å². The van der Waals surface area contributed by atoms with E-state index in [0.29, 0.717) is 11.1 Å². The van der Waals surface area contributed by atoms with Crippen LogP contribution in [0.1, 0.15) is 42.5 Å². The minimum Gasteiger partial charge on any atom is -0.238 e. The lowest BCUT2D eigenvalue weighted by Gasteiger charge is -2.06. The van der Waals surface area contributed by atoms with Crippen molar-refractivity contribution in [2.75, 3.05) is 0 Å². The van der Waals surface area contributed by atoms with E-state index in [1.165, 1.54) is 0 Å². The number of halogens is 1. The third kappa shape index (κ3) is 2.25. The van der Waals surface area contributed by atoms with Gasteiger partial charge in [-0.25, -0.2) is 14.6 Å². The highest BCUT2D eigenvalue weighted by atomic mass is 35.5. The van der Waals surface area contributed by atoms with E-state index in [-0.39, 0.29) is 0 Å². The van der Waals surface area contributed by atoms with Crippen molar-refractivity contribution < 1.29 is 0 Å². The van der Waals surface area contributed by atoms with Gasteiger partial charge in [0.15, 0.2) is 5.82 Å². The Labute approximate surface area is 112 Å². The lowest BCUT2D eigenvalue weighted by atomic mass is 10.1. The van der Waals surface area contributed by atoms with E-state index in [0.717, 1.165) is 28.6 Å². The molecule has 0 saturated heterocycles. The van der Waals surface area contributed by atoms with E-state index in [2.05, 4.69) is 28.9 Å². The van der Waals surface area contributed by atoms with Gasteiger partial charge in [-0.05, 0) is 26.7 Å². The average Bonchev–Trinajstić information content (AvgIpc) is 2.52. The van der Waals surface area contributed by atoms with Gasteiger partial charge in [0.25, 0.3) is 0 Å². The standard InChI is InChI=1S/C13H17ClN4/c1-7(2)12-9(4)17-18(13(12)14)11-6-8(3)15-10(5)16-11/h6-7H,1-5H3. The molecule has 4 nitrogen and oxygen atoms in total. The van der Waals surface area contributed by atoms with Crippen LogP contribution in [0.5, 0.6) is 0 Å². The number of rotatable bonds is 2. The molecule has 0 unspecified atom stereocenters. The molecule has 2 heterocycles. The Kier molecular flexibility index (Phi) is 3.39. The zero-order valence-corrected chi connectivity index (χ0v) is 12.1. The van der Waals surface area contributed by atoms with Crippen molar-refractivity contribution in [2.24, 2.45) is 0 Å². The molecule has 0 bridgehead atoms. The molecule has 5 heteroatoms. The Balaban J connectivity index is 2.61. The van der Waals surface area contributed by atoms with E-state index in [9.17, 15) is 0 Å². The smallest absolute Gasteiger partial charge is 0.159 e. The summed E-state index contributed by atoms with van der Waals surface area (Å²) < 4.78 is 1.69. The highest BCUT2D eigenvalue weighted by Crippen LogP contribution is 2.29. The van der Waals surface area contributed by atoms with E-state index in [1.807, 2.05) is 26.8 Å². The molecule has 0 spiro atoms. The molecule has 0 radical (unpaired) electrons. The number of hydrogen-bond acceptors (Lipinski definition) is 3. The predicted octanol–water partition coefficient (Wildman–Crippen LogP) is 3.36. The zero-order valence-electron chi connectivity index (χ0n) is 11.3. The molecular formula is C13H17ClN4. The summed E-state index contributed by atoms with van der Waals surface area (Å²) in [6.07, 6.45) is 0. The lowest BCUT2D eigenvalue weighted by molar-refractivity contribution is 0.811. The molecule has 0 N–H and O–H groups in total. The number of nitrogens with zero attached hydrogens (tertiary/aromatic N) is 4. The molecule has 0 saturated carbocycles. The lowest BCUT2D eigenvalue weighted by Crippen LogP contribution is -2.04. The third-order valence-corrected chi connectivity index (χ3v) is 3.16. The van der Waals surface area contributed by atoms with Gasteiger partial charge in [0.1, 0.15) is 11.0 Å². The van der Waals surface area contributed by atoms with Gasteiger partial charge >= 0.3 is 0 Å². The van der Waals surface area contributed by atoms with Crippen LogP contribution in [0.4, 0.5) is 0 Å². The first-order valence-corrected chi connectivity index (χ1v) is 6.35. The summed E-state index contributed by atoms with van der Waals surface area (Å²) in [4.78, 5) is 8.64. The van der Waals surface area contributed by atoms with Crippen LogP contribution in [0.3, 0.4) is 0 Å². The fraction of sp³-hybridized carbons (Fsp3) is 0.462. The SMILES string of the molecule is Cc1cc(-n2nc(C)c(C(C)C)c2Cl)nc(C)n1. The molecule has 18 heavy (non-hydrogen) atoms. The van der Waals surface area contributed by atoms with Crippen LogP contribution in [0.25, 0.3) is 5.82 Å². The van der Waals surface area contributed by atoms with Crippen molar-refractivity contribution in [2.45, 2.75) is 40.5 Å². The third-order valence-electron chi connectivity index (χ3n) is 2.79. The van der Waals surface area contributed by atoms with Crippen LogP contribution in [0.15, 0.2) is 6.07 Å². The summed E-state index contributed by atoms with van der Waals surface area (Å²) in [6.45, 7) is 9.99. The summed E-state index contributed by atoms with van der Waals surface area (Å²) in [7, 11) is 0. The first kappa shape index (κ1) is 13.0. The van der Waals surface area contributed by atoms with Crippen LogP contribution in [-0.4, -0.2) is 19.7 Å². The van der Waals surface area contributed by atoms with E-state index < -0.39 is 0 Å². The monoisotopic (exact) mass is 264 g/mol. The van der Waals surface area contributed by atoms with Gasteiger partial charge in [-0.2, -0.15) is 5.10 Å². The molecule has 0 aliphatic carbocycles. The largest absolute Gasteiger partial charge is 0.238 e. The Bertz CT molecular complexity index is 567. The number of hydrogen-bond donors (Lipinski definition) is 0. The molecule has 0 fully saturated rings. The minimum absolute atomic E-state index is 0.343. The van der Waals surface area contributed by atoms with Crippen LogP contribution >= 0.6 is 11.6 Å². The normalized spacial score (nSPS) is 11.3. The molecule has 2 aromatic heterocycles. The molecular weight excluding hydrogens is 248 g/mol. The second-order valence-electron chi connectivity index (χ2n) is 4.77. The topological polar surface area (TPSA) is 43.6 Å². The van der Waals surface area contributed by atoms with E-state index in [1.54, 1.807) is 4.68 Å². The highest BCUT2D eigenvalue weighted by molar-refractivity contribution is 6.30. The van der Waals surface area contributed by atoms with Crippen LogP contribution in [-0.2, 0) is 0 Å². The van der Waals surface area contributed by atoms with Crippen molar-refractivity contribution in [3.8, 4) is 5.82 Å². The maximum atomic E-state index is 6.40. The second kappa shape index (κ2) is 4.69. The van der Waals surface area contributed by atoms with Gasteiger partial charge in [0, 0.05) is 17.3 Å². The van der Waals surface area contributed by atoms with Gasteiger partial charge in [-0.15, -0.1) is 0 Å². The summed E-state index contributed by atoms with van der Waals surface area (Å²) in [6, 6.07) is 1.88. The summed E-state index contributed by atoms with van der Waals surface area (Å²) in [5.41, 5.74) is 2.93. The van der Waals surface area contributed by atoms with Gasteiger partial charge in [0.05, 0.1) is 5.69 Å². The molecule has 0 amide bonds. The van der Waals surface area contributed by atoms with Crippen molar-refractivity contribution in [1.29, 1.82) is 0 Å². The summed E-state index contributed by atoms with van der Waals surface area (Å²) >= 11 is 6.40. The Morgan fingerprint density at radius 3 is 2.33 bits per heavy atom. The molecule has 0 aromatic carbocycles. The fourth-order valence-corrected chi connectivity index (χ4v) is 2.60. The molecule has 0 aliphatic rings. The average molecular weight is 265 g/mol. The molecule has 0 atom stereocenters. The molecule has 0 aliphatic heterocycles. The predicted molar refractivity (Wildman–Crippen MR) is 72.5 cm³/mol. The molecule has 96 valence electrons. The maximum absolute atomic E-state index is 6.40. The van der Waals surface area contributed by atoms with Crippen LogP contribution in [0, 0.1) is 20.8 Å². The Morgan fingerprint density at radius 1 is 1.17 bits per heavy atom. The summed E-state index contributed by atoms with van der Waals surface area (Å²) in [5.74, 6) is 1.79. The number of aryl methyl sites for hydroxylation is 3. The first-order valence-electron chi connectivity index (χ1n) is 5.97. The Hall–Kier alpha value is -1.42.